The van der Waals surface area contributed by atoms with Crippen LogP contribution in [0, 0.1) is 0 Å². The third kappa shape index (κ3) is 5.38. The van der Waals surface area contributed by atoms with Gasteiger partial charge in [0.05, 0.1) is 0 Å². The molecule has 0 radical (unpaired) electrons. The van der Waals surface area contributed by atoms with Crippen molar-refractivity contribution in [1.29, 1.82) is 0 Å². The molecule has 0 heterocycles. The van der Waals surface area contributed by atoms with E-state index in [4.69, 9.17) is 0 Å². The molecule has 0 aromatic heterocycles. The summed E-state index contributed by atoms with van der Waals surface area (Å²) in [6.45, 7) is 3.89. The molecule has 5 heteroatoms. The van der Waals surface area contributed by atoms with Gasteiger partial charge in [0.2, 0.25) is 0 Å². The molecule has 0 aliphatic heterocycles. The number of nitrogens with one attached hydrogen (secondary N) is 1. The van der Waals surface area contributed by atoms with E-state index in [1.165, 1.54) is 0 Å². The van der Waals surface area contributed by atoms with E-state index in [9.17, 15) is 18.0 Å². The second kappa shape index (κ2) is 6.87. The van der Waals surface area contributed by atoms with Crippen molar-refractivity contribution in [2.24, 2.45) is 0 Å². The molecule has 1 N–H and O–H groups in total. The Balaban J connectivity index is 0.00000106. The van der Waals surface area contributed by atoms with Gasteiger partial charge in [0.1, 0.15) is 0 Å². The monoisotopic (exact) mass is 233 g/mol. The number of hydrogen-bond acceptors (Lipinski definition) is 1. The molecular formula is C11H14F3NO. The molecule has 0 aliphatic carbocycles. The number of amides is 1. The van der Waals surface area contributed by atoms with Crippen LogP contribution in [0.25, 0.3) is 0 Å². The Morgan fingerprint density at radius 3 is 2.12 bits per heavy atom. The molecule has 0 bridgehead atoms. The average molecular weight is 233 g/mol. The molecule has 1 aromatic carbocycles. The maximum atomic E-state index is 11.7. The van der Waals surface area contributed by atoms with Gasteiger partial charge in [0, 0.05) is 6.54 Å². The van der Waals surface area contributed by atoms with Crippen molar-refractivity contribution in [3.63, 3.8) is 0 Å². The highest BCUT2D eigenvalue weighted by Crippen LogP contribution is 2.14. The Labute approximate surface area is 92.5 Å². The number of hydrogen-bond donors (Lipinski definition) is 1. The second-order valence-electron chi connectivity index (χ2n) is 2.67. The molecule has 0 saturated heterocycles. The predicted octanol–water partition coefficient (Wildman–Crippen LogP) is 2.89. The van der Waals surface area contributed by atoms with Gasteiger partial charge in [-0.25, -0.2) is 0 Å². The zero-order valence-corrected chi connectivity index (χ0v) is 9.14. The van der Waals surface area contributed by atoms with Gasteiger partial charge in [-0.2, -0.15) is 13.2 Å². The fourth-order valence-electron chi connectivity index (χ4n) is 0.878. The second-order valence-corrected chi connectivity index (χ2v) is 2.67. The molecule has 90 valence electrons. The SMILES string of the molecule is CC.O=C(NCc1ccccc1)C(F)(F)F. The lowest BCUT2D eigenvalue weighted by atomic mass is 10.2. The number of halogens is 3. The standard InChI is InChI=1S/C9H8F3NO.C2H6/c10-9(11,12)8(14)13-6-7-4-2-1-3-5-7;1-2/h1-5H,6H2,(H,13,14);1-2H3. The van der Waals surface area contributed by atoms with Crippen molar-refractivity contribution < 1.29 is 18.0 Å². The summed E-state index contributed by atoms with van der Waals surface area (Å²) in [5, 5.41) is 1.77. The minimum atomic E-state index is -4.81. The zero-order chi connectivity index (χ0) is 12.6. The highest BCUT2D eigenvalue weighted by Gasteiger charge is 2.38. The van der Waals surface area contributed by atoms with Crippen molar-refractivity contribution in [3.8, 4) is 0 Å². The topological polar surface area (TPSA) is 29.1 Å². The molecule has 1 rings (SSSR count). The van der Waals surface area contributed by atoms with Gasteiger partial charge >= 0.3 is 12.1 Å². The molecule has 0 spiro atoms. The van der Waals surface area contributed by atoms with Gasteiger partial charge in [0.15, 0.2) is 0 Å². The molecule has 2 nitrogen and oxygen atoms in total. The number of rotatable bonds is 2. The van der Waals surface area contributed by atoms with Crippen molar-refractivity contribution in [3.05, 3.63) is 35.9 Å². The molecule has 16 heavy (non-hydrogen) atoms. The highest BCUT2D eigenvalue weighted by atomic mass is 19.4. The summed E-state index contributed by atoms with van der Waals surface area (Å²) in [7, 11) is 0. The smallest absolute Gasteiger partial charge is 0.344 e. The first-order chi connectivity index (χ1) is 7.50. The Bertz CT molecular complexity index is 309. The lowest BCUT2D eigenvalue weighted by Gasteiger charge is -2.07. The summed E-state index contributed by atoms with van der Waals surface area (Å²) in [6, 6.07) is 8.40. The zero-order valence-electron chi connectivity index (χ0n) is 9.14. The van der Waals surface area contributed by atoms with Crippen LogP contribution < -0.4 is 5.32 Å². The van der Waals surface area contributed by atoms with Crippen LogP contribution in [0.2, 0.25) is 0 Å². The largest absolute Gasteiger partial charge is 0.471 e. The van der Waals surface area contributed by atoms with Crippen LogP contribution in [-0.4, -0.2) is 12.1 Å². The van der Waals surface area contributed by atoms with Crippen molar-refractivity contribution in [1.82, 2.24) is 5.32 Å². The summed E-state index contributed by atoms with van der Waals surface area (Å²) in [5.41, 5.74) is 0.630. The van der Waals surface area contributed by atoms with Gasteiger partial charge in [-0.3, -0.25) is 4.79 Å². The van der Waals surface area contributed by atoms with Crippen LogP contribution in [0.3, 0.4) is 0 Å². The normalized spacial score (nSPS) is 10.1. The molecule has 0 saturated carbocycles. The fraction of sp³-hybridized carbons (Fsp3) is 0.364. The average Bonchev–Trinajstić information content (AvgIpc) is 2.28. The molecule has 0 atom stereocenters. The third-order valence-corrected chi connectivity index (χ3v) is 1.55. The first-order valence-corrected chi connectivity index (χ1v) is 4.89. The van der Waals surface area contributed by atoms with E-state index in [0.717, 1.165) is 0 Å². The maximum absolute atomic E-state index is 11.7. The lowest BCUT2D eigenvalue weighted by Crippen LogP contribution is -2.36. The third-order valence-electron chi connectivity index (χ3n) is 1.55. The number of carbonyl (C=O) groups excluding carboxylic acids is 1. The van der Waals surface area contributed by atoms with Crippen molar-refractivity contribution in [2.45, 2.75) is 26.6 Å². The summed E-state index contributed by atoms with van der Waals surface area (Å²) < 4.78 is 35.2. The van der Waals surface area contributed by atoms with Crippen LogP contribution >= 0.6 is 0 Å². The number of alkyl halides is 3. The lowest BCUT2D eigenvalue weighted by molar-refractivity contribution is -0.173. The first kappa shape index (κ1) is 14.5. The summed E-state index contributed by atoms with van der Waals surface area (Å²) in [6.07, 6.45) is -4.81. The molecule has 0 unspecified atom stereocenters. The van der Waals surface area contributed by atoms with Crippen LogP contribution in [0.4, 0.5) is 13.2 Å². The van der Waals surface area contributed by atoms with Gasteiger partial charge < -0.3 is 5.32 Å². The summed E-state index contributed by atoms with van der Waals surface area (Å²) in [5.74, 6) is -1.92. The quantitative estimate of drug-likeness (QED) is 0.836. The van der Waals surface area contributed by atoms with E-state index in [0.29, 0.717) is 5.56 Å². The number of benzene rings is 1. The van der Waals surface area contributed by atoms with Gasteiger partial charge in [-0.15, -0.1) is 0 Å². The Morgan fingerprint density at radius 2 is 1.69 bits per heavy atom. The Hall–Kier alpha value is -1.52. The maximum Gasteiger partial charge on any atom is 0.471 e. The van der Waals surface area contributed by atoms with Crippen molar-refractivity contribution in [2.75, 3.05) is 0 Å². The van der Waals surface area contributed by atoms with Crippen LogP contribution in [0.15, 0.2) is 30.3 Å². The van der Waals surface area contributed by atoms with Crippen molar-refractivity contribution >= 4 is 5.91 Å². The van der Waals surface area contributed by atoms with Crippen LogP contribution in [0.1, 0.15) is 19.4 Å². The predicted molar refractivity (Wildman–Crippen MR) is 55.7 cm³/mol. The molecule has 0 aliphatic rings. The van der Waals surface area contributed by atoms with E-state index in [1.807, 2.05) is 13.8 Å². The van der Waals surface area contributed by atoms with Gasteiger partial charge in [-0.05, 0) is 5.56 Å². The van der Waals surface area contributed by atoms with Gasteiger partial charge in [0.25, 0.3) is 0 Å². The summed E-state index contributed by atoms with van der Waals surface area (Å²) >= 11 is 0. The van der Waals surface area contributed by atoms with E-state index in [-0.39, 0.29) is 6.54 Å². The summed E-state index contributed by atoms with van der Waals surface area (Å²) in [4.78, 5) is 10.4. The highest BCUT2D eigenvalue weighted by molar-refractivity contribution is 5.81. The molecule has 1 aromatic rings. The van der Waals surface area contributed by atoms with E-state index < -0.39 is 12.1 Å². The Morgan fingerprint density at radius 1 is 1.19 bits per heavy atom. The number of carbonyl (C=O) groups is 1. The minimum absolute atomic E-state index is 0.112. The van der Waals surface area contributed by atoms with E-state index in [1.54, 1.807) is 35.6 Å². The first-order valence-electron chi connectivity index (χ1n) is 4.89. The fourth-order valence-corrected chi connectivity index (χ4v) is 0.878. The Kier molecular flexibility index (Phi) is 6.22. The molecular weight excluding hydrogens is 219 g/mol. The molecule has 0 fully saturated rings. The van der Waals surface area contributed by atoms with Crippen LogP contribution in [-0.2, 0) is 11.3 Å². The van der Waals surface area contributed by atoms with E-state index >= 15 is 0 Å². The minimum Gasteiger partial charge on any atom is -0.344 e. The molecule has 1 amide bonds. The van der Waals surface area contributed by atoms with Crippen LogP contribution in [0.5, 0.6) is 0 Å². The van der Waals surface area contributed by atoms with E-state index in [2.05, 4.69) is 0 Å². The van der Waals surface area contributed by atoms with Gasteiger partial charge in [-0.1, -0.05) is 44.2 Å².